The molecule has 2 rings (SSSR count). The van der Waals surface area contributed by atoms with Crippen molar-refractivity contribution in [1.29, 1.82) is 0 Å². The van der Waals surface area contributed by atoms with Gasteiger partial charge in [-0.05, 0) is 24.2 Å². The molecule has 1 spiro atoms. The Labute approximate surface area is 99.7 Å². The first kappa shape index (κ1) is 12.4. The molecule has 0 saturated carbocycles. The molecule has 2 fully saturated rings. The van der Waals surface area contributed by atoms with E-state index in [0.717, 1.165) is 25.4 Å². The zero-order chi connectivity index (χ0) is 11.8. The lowest BCUT2D eigenvalue weighted by Crippen LogP contribution is -2.56. The second-order valence-corrected chi connectivity index (χ2v) is 6.38. The molecule has 3 unspecified atom stereocenters. The Bertz CT molecular complexity index is 233. The number of hydrogen-bond donors (Lipinski definition) is 0. The zero-order valence-corrected chi connectivity index (χ0v) is 11.2. The first-order chi connectivity index (χ1) is 7.47. The van der Waals surface area contributed by atoms with Crippen LogP contribution in [0.15, 0.2) is 0 Å². The summed E-state index contributed by atoms with van der Waals surface area (Å²) in [5.41, 5.74) is 0.298. The molecule has 2 nitrogen and oxygen atoms in total. The van der Waals surface area contributed by atoms with Crippen molar-refractivity contribution < 1.29 is 9.47 Å². The van der Waals surface area contributed by atoms with Crippen LogP contribution in [0.25, 0.3) is 0 Å². The maximum absolute atomic E-state index is 6.08. The van der Waals surface area contributed by atoms with Crippen molar-refractivity contribution >= 4 is 0 Å². The number of rotatable bonds is 4. The van der Waals surface area contributed by atoms with Gasteiger partial charge >= 0.3 is 0 Å². The highest BCUT2D eigenvalue weighted by molar-refractivity contribution is 4.96. The highest BCUT2D eigenvalue weighted by Crippen LogP contribution is 2.49. The third kappa shape index (κ3) is 2.28. The summed E-state index contributed by atoms with van der Waals surface area (Å²) in [6.45, 7) is 10.2. The van der Waals surface area contributed by atoms with E-state index in [4.69, 9.17) is 9.47 Å². The maximum atomic E-state index is 6.08. The summed E-state index contributed by atoms with van der Waals surface area (Å²) < 4.78 is 11.8. The Kier molecular flexibility index (Phi) is 3.33. The van der Waals surface area contributed by atoms with E-state index in [9.17, 15) is 0 Å². The molecular weight excluding hydrogens is 200 g/mol. The van der Waals surface area contributed by atoms with Gasteiger partial charge in [0.2, 0.25) is 0 Å². The Hall–Kier alpha value is -0.0800. The Morgan fingerprint density at radius 3 is 2.62 bits per heavy atom. The number of hydrogen-bond acceptors (Lipinski definition) is 2. The topological polar surface area (TPSA) is 18.5 Å². The SMILES string of the molecule is CCC(C)CC(C)(C)C1CC2(CCCO2)O1. The molecule has 0 aromatic carbocycles. The fourth-order valence-corrected chi connectivity index (χ4v) is 3.07. The highest BCUT2D eigenvalue weighted by atomic mass is 16.7. The zero-order valence-electron chi connectivity index (χ0n) is 11.2. The van der Waals surface area contributed by atoms with Gasteiger partial charge in [0.05, 0.1) is 12.7 Å². The summed E-state index contributed by atoms with van der Waals surface area (Å²) in [6.07, 6.45) is 6.29. The average Bonchev–Trinajstić information content (AvgIpc) is 2.63. The lowest BCUT2D eigenvalue weighted by molar-refractivity contribution is -0.345. The van der Waals surface area contributed by atoms with E-state index in [0.29, 0.717) is 11.5 Å². The molecule has 0 amide bonds. The standard InChI is InChI=1S/C14H26O2/c1-5-11(2)9-13(3,4)12-10-14(16-12)7-6-8-15-14/h11-12H,5-10H2,1-4H3. The molecule has 0 aromatic heterocycles. The number of ether oxygens (including phenoxy) is 2. The minimum atomic E-state index is -0.169. The smallest absolute Gasteiger partial charge is 0.171 e. The third-order valence-corrected chi connectivity index (χ3v) is 4.36. The van der Waals surface area contributed by atoms with Crippen LogP contribution >= 0.6 is 0 Å². The van der Waals surface area contributed by atoms with E-state index in [1.54, 1.807) is 0 Å². The third-order valence-electron chi connectivity index (χ3n) is 4.36. The van der Waals surface area contributed by atoms with E-state index in [-0.39, 0.29) is 5.79 Å². The molecule has 16 heavy (non-hydrogen) atoms. The van der Waals surface area contributed by atoms with Gasteiger partial charge in [0, 0.05) is 12.8 Å². The minimum Gasteiger partial charge on any atom is -0.350 e. The molecule has 0 aromatic rings. The van der Waals surface area contributed by atoms with Crippen LogP contribution in [0.3, 0.4) is 0 Å². The fraction of sp³-hybridized carbons (Fsp3) is 1.00. The van der Waals surface area contributed by atoms with Gasteiger partial charge < -0.3 is 9.47 Å². The van der Waals surface area contributed by atoms with Crippen LogP contribution in [0, 0.1) is 11.3 Å². The molecule has 0 aliphatic carbocycles. The fourth-order valence-electron chi connectivity index (χ4n) is 3.07. The molecule has 0 N–H and O–H groups in total. The van der Waals surface area contributed by atoms with Crippen molar-refractivity contribution in [3.05, 3.63) is 0 Å². The lowest BCUT2D eigenvalue weighted by atomic mass is 9.73. The Balaban J connectivity index is 1.85. The summed E-state index contributed by atoms with van der Waals surface area (Å²) in [5, 5.41) is 0. The van der Waals surface area contributed by atoms with E-state index in [1.165, 1.54) is 19.3 Å². The van der Waals surface area contributed by atoms with Crippen LogP contribution in [0.4, 0.5) is 0 Å². The molecule has 94 valence electrons. The van der Waals surface area contributed by atoms with Crippen molar-refractivity contribution in [3.8, 4) is 0 Å². The molecule has 2 heterocycles. The normalized spacial score (nSPS) is 36.4. The molecule has 2 saturated heterocycles. The predicted octanol–water partition coefficient (Wildman–Crippen LogP) is 3.74. The van der Waals surface area contributed by atoms with E-state index in [1.807, 2.05) is 0 Å². The first-order valence-electron chi connectivity index (χ1n) is 6.79. The van der Waals surface area contributed by atoms with E-state index < -0.39 is 0 Å². The lowest BCUT2D eigenvalue weighted by Gasteiger charge is -2.51. The van der Waals surface area contributed by atoms with Gasteiger partial charge in [-0.25, -0.2) is 0 Å². The molecule has 0 bridgehead atoms. The van der Waals surface area contributed by atoms with Crippen molar-refractivity contribution in [2.45, 2.75) is 71.7 Å². The predicted molar refractivity (Wildman–Crippen MR) is 65.3 cm³/mol. The minimum absolute atomic E-state index is 0.169. The second-order valence-electron chi connectivity index (χ2n) is 6.38. The summed E-state index contributed by atoms with van der Waals surface area (Å²) in [6, 6.07) is 0. The van der Waals surface area contributed by atoms with Crippen LogP contribution in [-0.4, -0.2) is 18.5 Å². The average molecular weight is 226 g/mol. The molecule has 2 heteroatoms. The van der Waals surface area contributed by atoms with Gasteiger partial charge in [-0.15, -0.1) is 0 Å². The highest BCUT2D eigenvalue weighted by Gasteiger charge is 2.53. The largest absolute Gasteiger partial charge is 0.350 e. The molecular formula is C14H26O2. The van der Waals surface area contributed by atoms with Crippen LogP contribution < -0.4 is 0 Å². The van der Waals surface area contributed by atoms with Gasteiger partial charge in [-0.1, -0.05) is 34.1 Å². The molecule has 2 aliphatic rings. The van der Waals surface area contributed by atoms with Crippen LogP contribution in [-0.2, 0) is 9.47 Å². The summed E-state index contributed by atoms with van der Waals surface area (Å²) in [5.74, 6) is 0.622. The van der Waals surface area contributed by atoms with Gasteiger partial charge in [-0.3, -0.25) is 0 Å². The monoisotopic (exact) mass is 226 g/mol. The van der Waals surface area contributed by atoms with Gasteiger partial charge in [0.1, 0.15) is 0 Å². The molecule has 0 radical (unpaired) electrons. The van der Waals surface area contributed by atoms with Gasteiger partial charge in [0.25, 0.3) is 0 Å². The Morgan fingerprint density at radius 2 is 2.12 bits per heavy atom. The van der Waals surface area contributed by atoms with Crippen molar-refractivity contribution in [2.24, 2.45) is 11.3 Å². The van der Waals surface area contributed by atoms with Crippen molar-refractivity contribution in [2.75, 3.05) is 6.61 Å². The van der Waals surface area contributed by atoms with Crippen LogP contribution in [0.2, 0.25) is 0 Å². The van der Waals surface area contributed by atoms with E-state index >= 15 is 0 Å². The van der Waals surface area contributed by atoms with Gasteiger partial charge in [0.15, 0.2) is 5.79 Å². The molecule has 3 atom stereocenters. The first-order valence-corrected chi connectivity index (χ1v) is 6.79. The van der Waals surface area contributed by atoms with E-state index in [2.05, 4.69) is 27.7 Å². The van der Waals surface area contributed by atoms with Crippen LogP contribution in [0.5, 0.6) is 0 Å². The maximum Gasteiger partial charge on any atom is 0.171 e. The summed E-state index contributed by atoms with van der Waals surface area (Å²) in [4.78, 5) is 0. The Morgan fingerprint density at radius 1 is 1.44 bits per heavy atom. The van der Waals surface area contributed by atoms with Crippen LogP contribution in [0.1, 0.15) is 59.8 Å². The summed E-state index contributed by atoms with van der Waals surface area (Å²) in [7, 11) is 0. The second kappa shape index (κ2) is 4.30. The van der Waals surface area contributed by atoms with Crippen molar-refractivity contribution in [3.63, 3.8) is 0 Å². The quantitative estimate of drug-likeness (QED) is 0.727. The molecule has 2 aliphatic heterocycles. The summed E-state index contributed by atoms with van der Waals surface area (Å²) >= 11 is 0. The van der Waals surface area contributed by atoms with Crippen molar-refractivity contribution in [1.82, 2.24) is 0 Å². The van der Waals surface area contributed by atoms with Gasteiger partial charge in [-0.2, -0.15) is 0 Å².